The molecular formula is C21H27ClN6O2. The summed E-state index contributed by atoms with van der Waals surface area (Å²) in [7, 11) is 1.34. The predicted octanol–water partition coefficient (Wildman–Crippen LogP) is 3.25. The molecule has 8 nitrogen and oxygen atoms in total. The van der Waals surface area contributed by atoms with E-state index in [1.165, 1.54) is 7.11 Å². The smallest absolute Gasteiger partial charge is 0.411 e. The minimum absolute atomic E-state index is 0.257. The average Bonchev–Trinajstić information content (AvgIpc) is 3.21. The Morgan fingerprint density at radius 3 is 2.83 bits per heavy atom. The Morgan fingerprint density at radius 1 is 1.33 bits per heavy atom. The highest BCUT2D eigenvalue weighted by Crippen LogP contribution is 2.25. The van der Waals surface area contributed by atoms with Crippen molar-refractivity contribution in [3.8, 4) is 0 Å². The Morgan fingerprint density at radius 2 is 2.13 bits per heavy atom. The Hall–Kier alpha value is -3.00. The van der Waals surface area contributed by atoms with Crippen molar-refractivity contribution in [2.24, 2.45) is 4.99 Å². The molecule has 3 N–H and O–H groups in total. The van der Waals surface area contributed by atoms with Crippen LogP contribution in [0, 0.1) is 0 Å². The van der Waals surface area contributed by atoms with Gasteiger partial charge in [0.15, 0.2) is 5.96 Å². The van der Waals surface area contributed by atoms with E-state index in [1.807, 2.05) is 43.3 Å². The molecule has 9 heteroatoms. The number of nitrogens with one attached hydrogen (secondary N) is 3. The van der Waals surface area contributed by atoms with Gasteiger partial charge in [0.05, 0.1) is 18.7 Å². The highest BCUT2D eigenvalue weighted by molar-refractivity contribution is 6.32. The number of benzene rings is 1. The third-order valence-corrected chi connectivity index (χ3v) is 5.01. The van der Waals surface area contributed by atoms with Crippen LogP contribution in [-0.4, -0.2) is 49.8 Å². The van der Waals surface area contributed by atoms with Crippen molar-refractivity contribution in [3.05, 3.63) is 53.2 Å². The minimum Gasteiger partial charge on any atom is -0.453 e. The van der Waals surface area contributed by atoms with Gasteiger partial charge >= 0.3 is 6.09 Å². The van der Waals surface area contributed by atoms with Crippen LogP contribution in [0.5, 0.6) is 0 Å². The fourth-order valence-corrected chi connectivity index (χ4v) is 3.47. The van der Waals surface area contributed by atoms with Crippen LogP contribution in [0.3, 0.4) is 0 Å². The molecule has 1 aromatic heterocycles. The maximum absolute atomic E-state index is 11.3. The summed E-state index contributed by atoms with van der Waals surface area (Å²) >= 11 is 6.28. The summed E-state index contributed by atoms with van der Waals surface area (Å²) in [6.07, 6.45) is 2.25. The summed E-state index contributed by atoms with van der Waals surface area (Å²) in [5.74, 6) is 1.60. The molecule has 1 fully saturated rings. The lowest BCUT2D eigenvalue weighted by atomic mass is 10.2. The minimum atomic E-state index is -0.489. The molecule has 1 unspecified atom stereocenters. The molecule has 0 radical (unpaired) electrons. The lowest BCUT2D eigenvalue weighted by Gasteiger charge is -2.20. The molecule has 1 amide bonds. The Labute approximate surface area is 181 Å². The summed E-state index contributed by atoms with van der Waals surface area (Å²) in [4.78, 5) is 22.5. The average molecular weight is 431 g/mol. The van der Waals surface area contributed by atoms with Gasteiger partial charge in [-0.1, -0.05) is 23.7 Å². The molecule has 30 heavy (non-hydrogen) atoms. The highest BCUT2D eigenvalue weighted by atomic mass is 35.5. The van der Waals surface area contributed by atoms with Gasteiger partial charge in [-0.25, -0.2) is 14.8 Å². The molecule has 3 rings (SSSR count). The fourth-order valence-electron chi connectivity index (χ4n) is 3.23. The number of pyridine rings is 1. The van der Waals surface area contributed by atoms with E-state index in [4.69, 9.17) is 16.6 Å². The molecule has 0 spiro atoms. The number of nitrogens with zero attached hydrogens (tertiary/aromatic N) is 3. The normalized spacial score (nSPS) is 16.3. The molecular weight excluding hydrogens is 404 g/mol. The van der Waals surface area contributed by atoms with Gasteiger partial charge in [-0.15, -0.1) is 0 Å². The van der Waals surface area contributed by atoms with Crippen molar-refractivity contribution in [2.75, 3.05) is 37.0 Å². The summed E-state index contributed by atoms with van der Waals surface area (Å²) in [5.41, 5.74) is 1.72. The molecule has 1 saturated heterocycles. The third kappa shape index (κ3) is 6.00. The number of amides is 1. The highest BCUT2D eigenvalue weighted by Gasteiger charge is 2.25. The molecule has 1 aliphatic rings. The monoisotopic (exact) mass is 430 g/mol. The number of guanidine groups is 1. The van der Waals surface area contributed by atoms with Crippen LogP contribution in [0.1, 0.15) is 18.9 Å². The van der Waals surface area contributed by atoms with Gasteiger partial charge < -0.3 is 20.3 Å². The number of methoxy groups -OCH3 is 1. The predicted molar refractivity (Wildman–Crippen MR) is 120 cm³/mol. The number of anilines is 2. The van der Waals surface area contributed by atoms with Crippen molar-refractivity contribution < 1.29 is 9.53 Å². The molecule has 1 aromatic carbocycles. The van der Waals surface area contributed by atoms with E-state index in [0.29, 0.717) is 17.3 Å². The van der Waals surface area contributed by atoms with Crippen LogP contribution in [0.15, 0.2) is 47.6 Å². The molecule has 0 aliphatic carbocycles. The van der Waals surface area contributed by atoms with Crippen LogP contribution in [-0.2, 0) is 11.3 Å². The van der Waals surface area contributed by atoms with Gasteiger partial charge in [0.1, 0.15) is 5.82 Å². The number of halogens is 1. The van der Waals surface area contributed by atoms with Gasteiger partial charge in [0, 0.05) is 37.6 Å². The number of aliphatic imine (C=N–C) groups is 1. The van der Waals surface area contributed by atoms with E-state index in [2.05, 4.69) is 30.6 Å². The van der Waals surface area contributed by atoms with E-state index in [1.54, 1.807) is 6.20 Å². The van der Waals surface area contributed by atoms with Gasteiger partial charge in [-0.05, 0) is 43.2 Å². The fraction of sp³-hybridized carbons (Fsp3) is 0.381. The second-order valence-electron chi connectivity index (χ2n) is 6.89. The first-order valence-corrected chi connectivity index (χ1v) is 10.3. The van der Waals surface area contributed by atoms with Gasteiger partial charge in [-0.3, -0.25) is 5.32 Å². The van der Waals surface area contributed by atoms with Crippen LogP contribution in [0.4, 0.5) is 16.3 Å². The van der Waals surface area contributed by atoms with E-state index in [0.717, 1.165) is 43.4 Å². The molecule has 2 aromatic rings. The number of rotatable bonds is 6. The lowest BCUT2D eigenvalue weighted by Crippen LogP contribution is -2.44. The molecule has 0 saturated carbocycles. The maximum atomic E-state index is 11.3. The second kappa shape index (κ2) is 10.7. The topological polar surface area (TPSA) is 90.9 Å². The Kier molecular flexibility index (Phi) is 7.73. The van der Waals surface area contributed by atoms with Crippen LogP contribution in [0.2, 0.25) is 5.02 Å². The number of carbonyl (C=O) groups excluding carboxylic acids is 1. The van der Waals surface area contributed by atoms with Gasteiger partial charge in [0.25, 0.3) is 0 Å². The largest absolute Gasteiger partial charge is 0.453 e. The van der Waals surface area contributed by atoms with Gasteiger partial charge in [0.2, 0.25) is 0 Å². The Balaban J connectivity index is 1.57. The molecule has 1 atom stereocenters. The van der Waals surface area contributed by atoms with Crippen molar-refractivity contribution in [2.45, 2.75) is 25.9 Å². The van der Waals surface area contributed by atoms with Crippen molar-refractivity contribution in [3.63, 3.8) is 0 Å². The first-order chi connectivity index (χ1) is 14.6. The molecule has 0 bridgehead atoms. The standard InChI is InChI=1S/C21H27ClN6O2/c1-3-23-20(25-13-15-6-8-16(9-7-15)27-21(29)30-2)26-17-10-12-28(14-17)19-18(22)5-4-11-24-19/h4-9,11,17H,3,10,12-14H2,1-2H3,(H,27,29)(H2,23,25,26). The van der Waals surface area contributed by atoms with Gasteiger partial charge in [-0.2, -0.15) is 0 Å². The first-order valence-electron chi connectivity index (χ1n) is 9.93. The zero-order chi connectivity index (χ0) is 21.3. The number of ether oxygens (including phenoxy) is 1. The lowest BCUT2D eigenvalue weighted by molar-refractivity contribution is 0.187. The van der Waals surface area contributed by atoms with Crippen LogP contribution in [0.25, 0.3) is 0 Å². The number of hydrogen-bond donors (Lipinski definition) is 3. The maximum Gasteiger partial charge on any atom is 0.411 e. The SMILES string of the molecule is CCNC(=NCc1ccc(NC(=O)OC)cc1)NC1CCN(c2ncccc2Cl)C1. The first kappa shape index (κ1) is 21.7. The van der Waals surface area contributed by atoms with Crippen molar-refractivity contribution in [1.29, 1.82) is 0 Å². The van der Waals surface area contributed by atoms with E-state index in [9.17, 15) is 4.79 Å². The van der Waals surface area contributed by atoms with Crippen molar-refractivity contribution in [1.82, 2.24) is 15.6 Å². The zero-order valence-corrected chi connectivity index (χ0v) is 17.9. The summed E-state index contributed by atoms with van der Waals surface area (Å²) in [5, 5.41) is 10.1. The summed E-state index contributed by atoms with van der Waals surface area (Å²) in [6.45, 7) is 5.04. The molecule has 2 heterocycles. The Bertz CT molecular complexity index is 874. The van der Waals surface area contributed by atoms with E-state index in [-0.39, 0.29) is 6.04 Å². The van der Waals surface area contributed by atoms with Crippen LogP contribution < -0.4 is 20.9 Å². The number of carbonyl (C=O) groups is 1. The number of hydrogen-bond acceptors (Lipinski definition) is 5. The van der Waals surface area contributed by atoms with Crippen molar-refractivity contribution >= 4 is 35.2 Å². The summed E-state index contributed by atoms with van der Waals surface area (Å²) < 4.78 is 4.59. The second-order valence-corrected chi connectivity index (χ2v) is 7.30. The zero-order valence-electron chi connectivity index (χ0n) is 17.2. The third-order valence-electron chi connectivity index (χ3n) is 4.72. The van der Waals surface area contributed by atoms with Crippen LogP contribution >= 0.6 is 11.6 Å². The van der Waals surface area contributed by atoms with E-state index < -0.39 is 6.09 Å². The molecule has 1 aliphatic heterocycles. The summed E-state index contributed by atoms with van der Waals surface area (Å²) in [6, 6.07) is 11.5. The van der Waals surface area contributed by atoms with E-state index >= 15 is 0 Å². The number of aromatic nitrogens is 1. The molecule has 160 valence electrons. The quantitative estimate of drug-likeness (QED) is 0.481.